The molecule has 152 valence electrons. The Bertz CT molecular complexity index is 718. The van der Waals surface area contributed by atoms with Crippen molar-refractivity contribution in [3.8, 4) is 0 Å². The lowest BCUT2D eigenvalue weighted by atomic mass is 10.2. The summed E-state index contributed by atoms with van der Waals surface area (Å²) >= 11 is 0. The standard InChI is InChI=1S/C17H21N3O8/c1-17(2,3)27-15(25)9-18-8-10(19-11(21)4-5-12(19)22)16(26)28-20-13(23)6-7-14(20)24/h4-5,10,18H,6-9H2,1-3H3/t10-/m0/s1. The third-order valence-electron chi connectivity index (χ3n) is 3.64. The van der Waals surface area contributed by atoms with Gasteiger partial charge in [0.05, 0.1) is 6.54 Å². The molecule has 0 aromatic rings. The van der Waals surface area contributed by atoms with Crippen molar-refractivity contribution in [1.82, 2.24) is 15.3 Å². The van der Waals surface area contributed by atoms with Gasteiger partial charge in [-0.05, 0) is 20.8 Å². The Morgan fingerprint density at radius 3 is 2.11 bits per heavy atom. The number of rotatable bonds is 7. The van der Waals surface area contributed by atoms with Crippen LogP contribution in [0.1, 0.15) is 33.6 Å². The zero-order chi connectivity index (χ0) is 21.1. The van der Waals surface area contributed by atoms with Gasteiger partial charge in [-0.15, -0.1) is 5.06 Å². The number of ether oxygens (including phenoxy) is 1. The van der Waals surface area contributed by atoms with Gasteiger partial charge in [-0.2, -0.15) is 0 Å². The first-order valence-corrected chi connectivity index (χ1v) is 8.55. The van der Waals surface area contributed by atoms with Crippen LogP contribution >= 0.6 is 0 Å². The van der Waals surface area contributed by atoms with Gasteiger partial charge in [0.15, 0.2) is 6.04 Å². The number of carbonyl (C=O) groups is 6. The highest BCUT2D eigenvalue weighted by Crippen LogP contribution is 2.16. The second-order valence-electron chi connectivity index (χ2n) is 7.11. The Morgan fingerprint density at radius 2 is 1.61 bits per heavy atom. The zero-order valence-corrected chi connectivity index (χ0v) is 15.7. The van der Waals surface area contributed by atoms with E-state index in [2.05, 4.69) is 5.32 Å². The SMILES string of the molecule is CC(C)(C)OC(=O)CNC[C@@H](C(=O)ON1C(=O)CCC1=O)N1C(=O)C=CC1=O. The first-order chi connectivity index (χ1) is 13.0. The molecular weight excluding hydrogens is 374 g/mol. The maximum Gasteiger partial charge on any atom is 0.357 e. The highest BCUT2D eigenvalue weighted by atomic mass is 16.7. The van der Waals surface area contributed by atoms with E-state index >= 15 is 0 Å². The summed E-state index contributed by atoms with van der Waals surface area (Å²) in [5.74, 6) is -4.69. The van der Waals surface area contributed by atoms with E-state index in [9.17, 15) is 28.8 Å². The van der Waals surface area contributed by atoms with Crippen LogP contribution in [0.15, 0.2) is 12.2 Å². The van der Waals surface area contributed by atoms with Crippen LogP contribution in [-0.4, -0.2) is 70.3 Å². The van der Waals surface area contributed by atoms with E-state index < -0.39 is 47.2 Å². The Balaban J connectivity index is 2.05. The van der Waals surface area contributed by atoms with Crippen LogP contribution in [0.2, 0.25) is 0 Å². The van der Waals surface area contributed by atoms with Gasteiger partial charge in [0.25, 0.3) is 23.6 Å². The minimum absolute atomic E-state index is 0.100. The number of hydrogen-bond donors (Lipinski definition) is 1. The molecule has 2 aliphatic heterocycles. The molecule has 0 radical (unpaired) electrons. The molecule has 0 unspecified atom stereocenters. The predicted molar refractivity (Wildman–Crippen MR) is 90.7 cm³/mol. The quantitative estimate of drug-likeness (QED) is 0.417. The van der Waals surface area contributed by atoms with Crippen molar-refractivity contribution in [2.45, 2.75) is 45.3 Å². The highest BCUT2D eigenvalue weighted by Gasteiger charge is 2.40. The maximum absolute atomic E-state index is 12.5. The van der Waals surface area contributed by atoms with Crippen molar-refractivity contribution in [2.75, 3.05) is 13.1 Å². The van der Waals surface area contributed by atoms with Gasteiger partial charge in [-0.1, -0.05) is 0 Å². The lowest BCUT2D eigenvalue weighted by Crippen LogP contribution is -2.53. The smallest absolute Gasteiger partial charge is 0.357 e. The first kappa shape index (κ1) is 21.2. The molecule has 0 aromatic carbocycles. The molecule has 1 N–H and O–H groups in total. The van der Waals surface area contributed by atoms with Crippen LogP contribution in [0, 0.1) is 0 Å². The van der Waals surface area contributed by atoms with Crippen LogP contribution in [0.4, 0.5) is 0 Å². The molecular formula is C17H21N3O8. The van der Waals surface area contributed by atoms with Crippen LogP contribution in [0.3, 0.4) is 0 Å². The lowest BCUT2D eigenvalue weighted by Gasteiger charge is -2.26. The summed E-state index contributed by atoms with van der Waals surface area (Å²) in [6, 6.07) is -1.49. The lowest BCUT2D eigenvalue weighted by molar-refractivity contribution is -0.201. The Labute approximate surface area is 160 Å². The Morgan fingerprint density at radius 1 is 1.07 bits per heavy atom. The van der Waals surface area contributed by atoms with E-state index in [0.29, 0.717) is 9.96 Å². The molecule has 0 bridgehead atoms. The Kier molecular flexibility index (Phi) is 6.29. The van der Waals surface area contributed by atoms with Gasteiger partial charge in [-0.3, -0.25) is 28.9 Å². The molecule has 11 nitrogen and oxygen atoms in total. The molecule has 0 aromatic heterocycles. The molecule has 1 saturated heterocycles. The zero-order valence-electron chi connectivity index (χ0n) is 15.7. The number of hydroxylamine groups is 2. The summed E-state index contributed by atoms with van der Waals surface area (Å²) < 4.78 is 5.11. The molecule has 1 atom stereocenters. The fourth-order valence-corrected chi connectivity index (χ4v) is 2.50. The van der Waals surface area contributed by atoms with Crippen molar-refractivity contribution in [2.24, 2.45) is 0 Å². The van der Waals surface area contributed by atoms with Crippen molar-refractivity contribution in [3.63, 3.8) is 0 Å². The topological polar surface area (TPSA) is 139 Å². The van der Waals surface area contributed by atoms with Gasteiger partial charge in [0, 0.05) is 31.5 Å². The largest absolute Gasteiger partial charge is 0.459 e. The molecule has 0 aliphatic carbocycles. The van der Waals surface area contributed by atoms with E-state index in [-0.39, 0.29) is 25.9 Å². The van der Waals surface area contributed by atoms with Gasteiger partial charge < -0.3 is 14.9 Å². The monoisotopic (exact) mass is 395 g/mol. The summed E-state index contributed by atoms with van der Waals surface area (Å²) in [5, 5.41) is 2.94. The van der Waals surface area contributed by atoms with Crippen LogP contribution in [0.25, 0.3) is 0 Å². The van der Waals surface area contributed by atoms with Crippen LogP contribution < -0.4 is 5.32 Å². The molecule has 1 fully saturated rings. The molecule has 11 heteroatoms. The fraction of sp³-hybridized carbons (Fsp3) is 0.529. The number of hydrogen-bond acceptors (Lipinski definition) is 9. The second-order valence-corrected chi connectivity index (χ2v) is 7.11. The molecule has 2 aliphatic rings. The number of amides is 4. The summed E-state index contributed by atoms with van der Waals surface area (Å²) in [7, 11) is 0. The summed E-state index contributed by atoms with van der Waals surface area (Å²) in [6.07, 6.45) is 1.75. The third-order valence-corrected chi connectivity index (χ3v) is 3.64. The molecule has 4 amide bonds. The highest BCUT2D eigenvalue weighted by molar-refractivity contribution is 6.15. The van der Waals surface area contributed by atoms with Crippen molar-refractivity contribution in [1.29, 1.82) is 0 Å². The van der Waals surface area contributed by atoms with Crippen molar-refractivity contribution in [3.05, 3.63) is 12.2 Å². The molecule has 2 heterocycles. The van der Waals surface area contributed by atoms with E-state index in [1.165, 1.54) is 0 Å². The van der Waals surface area contributed by atoms with Crippen LogP contribution in [-0.2, 0) is 38.3 Å². The van der Waals surface area contributed by atoms with Gasteiger partial charge >= 0.3 is 11.9 Å². The first-order valence-electron chi connectivity index (χ1n) is 8.55. The molecule has 2 rings (SSSR count). The predicted octanol–water partition coefficient (Wildman–Crippen LogP) is -1.18. The average molecular weight is 395 g/mol. The van der Waals surface area contributed by atoms with E-state index in [1.807, 2.05) is 0 Å². The Hall–Kier alpha value is -3.08. The van der Waals surface area contributed by atoms with E-state index in [0.717, 1.165) is 12.2 Å². The molecule has 0 spiro atoms. The number of imide groups is 2. The normalized spacial score (nSPS) is 18.1. The second kappa shape index (κ2) is 8.30. The van der Waals surface area contributed by atoms with Gasteiger partial charge in [0.2, 0.25) is 0 Å². The third kappa shape index (κ3) is 5.22. The number of nitrogens with one attached hydrogen (secondary N) is 1. The molecule has 0 saturated carbocycles. The van der Waals surface area contributed by atoms with E-state index in [1.54, 1.807) is 20.8 Å². The van der Waals surface area contributed by atoms with E-state index in [4.69, 9.17) is 9.57 Å². The number of nitrogens with zero attached hydrogens (tertiary/aromatic N) is 2. The minimum atomic E-state index is -1.49. The maximum atomic E-state index is 12.5. The number of carbonyl (C=O) groups excluding carboxylic acids is 6. The van der Waals surface area contributed by atoms with Crippen molar-refractivity contribution < 1.29 is 38.3 Å². The summed E-state index contributed by atoms with van der Waals surface area (Å²) in [5.41, 5.74) is -0.710. The summed E-state index contributed by atoms with van der Waals surface area (Å²) in [4.78, 5) is 76.8. The van der Waals surface area contributed by atoms with Crippen molar-refractivity contribution >= 4 is 35.6 Å². The fourth-order valence-electron chi connectivity index (χ4n) is 2.50. The molecule has 28 heavy (non-hydrogen) atoms. The van der Waals surface area contributed by atoms with Gasteiger partial charge in [0.1, 0.15) is 5.60 Å². The summed E-state index contributed by atoms with van der Waals surface area (Å²) in [6.45, 7) is 4.41. The minimum Gasteiger partial charge on any atom is -0.459 e. The van der Waals surface area contributed by atoms with Crippen LogP contribution in [0.5, 0.6) is 0 Å². The number of esters is 1. The average Bonchev–Trinajstić information content (AvgIpc) is 3.06. The van der Waals surface area contributed by atoms with Gasteiger partial charge in [-0.25, -0.2) is 4.79 Å².